The van der Waals surface area contributed by atoms with E-state index in [1.54, 1.807) is 50.2 Å². The second kappa shape index (κ2) is 8.64. The van der Waals surface area contributed by atoms with E-state index in [0.29, 0.717) is 28.3 Å². The van der Waals surface area contributed by atoms with Crippen LogP contribution in [-0.4, -0.2) is 26.8 Å². The number of carbonyl (C=O) groups excluding carboxylic acids is 1. The largest absolute Gasteiger partial charge is 0.292 e. The van der Waals surface area contributed by atoms with Crippen LogP contribution in [0.3, 0.4) is 0 Å². The van der Waals surface area contributed by atoms with E-state index in [9.17, 15) is 19.7 Å². The highest BCUT2D eigenvalue weighted by Crippen LogP contribution is 2.20. The molecule has 1 amide bonds. The zero-order valence-electron chi connectivity index (χ0n) is 16.8. The number of aryl methyl sites for hydroxylation is 1. The van der Waals surface area contributed by atoms with Gasteiger partial charge in [0.05, 0.1) is 22.6 Å². The molecule has 0 saturated heterocycles. The monoisotopic (exact) mass is 407 g/mol. The fourth-order valence-corrected chi connectivity index (χ4v) is 3.07. The van der Waals surface area contributed by atoms with Gasteiger partial charge in [-0.05, 0) is 26.3 Å². The van der Waals surface area contributed by atoms with E-state index in [2.05, 4.69) is 15.6 Å². The number of hydrogen-bond acceptors (Lipinski definition) is 6. The molecule has 9 nitrogen and oxygen atoms in total. The topological polar surface area (TPSA) is 119 Å². The van der Waals surface area contributed by atoms with Crippen molar-refractivity contribution in [2.45, 2.75) is 33.2 Å². The predicted molar refractivity (Wildman–Crippen MR) is 114 cm³/mol. The van der Waals surface area contributed by atoms with Gasteiger partial charge in [0.25, 0.3) is 17.2 Å². The lowest BCUT2D eigenvalue weighted by atomic mass is 10.1. The van der Waals surface area contributed by atoms with Gasteiger partial charge in [-0.15, -0.1) is 0 Å². The summed E-state index contributed by atoms with van der Waals surface area (Å²) in [5.41, 5.74) is 3.28. The molecule has 0 spiro atoms. The molecule has 0 radical (unpaired) electrons. The van der Waals surface area contributed by atoms with E-state index in [0.717, 1.165) is 0 Å². The number of nitrogens with one attached hydrogen (secondary N) is 1. The Bertz CT molecular complexity index is 1210. The molecule has 0 atom stereocenters. The van der Waals surface area contributed by atoms with E-state index >= 15 is 0 Å². The molecule has 1 heterocycles. The number of carbonyl (C=O) groups is 1. The van der Waals surface area contributed by atoms with E-state index in [1.165, 1.54) is 17.0 Å². The fourth-order valence-electron chi connectivity index (χ4n) is 3.07. The number of benzene rings is 2. The Morgan fingerprint density at radius 2 is 1.97 bits per heavy atom. The summed E-state index contributed by atoms with van der Waals surface area (Å²) >= 11 is 0. The van der Waals surface area contributed by atoms with Crippen molar-refractivity contribution in [3.8, 4) is 0 Å². The van der Waals surface area contributed by atoms with Crippen molar-refractivity contribution in [3.63, 3.8) is 0 Å². The average Bonchev–Trinajstić information content (AvgIpc) is 2.73. The second-order valence-electron chi connectivity index (χ2n) is 6.94. The van der Waals surface area contributed by atoms with Crippen molar-refractivity contribution in [1.82, 2.24) is 15.2 Å². The lowest BCUT2D eigenvalue weighted by Gasteiger charge is -2.12. The van der Waals surface area contributed by atoms with Crippen LogP contribution in [0.2, 0.25) is 0 Å². The van der Waals surface area contributed by atoms with E-state index in [4.69, 9.17) is 0 Å². The van der Waals surface area contributed by atoms with Crippen molar-refractivity contribution in [2.24, 2.45) is 5.10 Å². The molecule has 0 aliphatic rings. The lowest BCUT2D eigenvalue weighted by Crippen LogP contribution is -2.30. The number of rotatable bonds is 6. The molecule has 3 aromatic rings. The Balaban J connectivity index is 1.91. The smallest absolute Gasteiger partial charge is 0.267 e. The van der Waals surface area contributed by atoms with E-state index < -0.39 is 10.8 Å². The summed E-state index contributed by atoms with van der Waals surface area (Å²) in [6, 6.07) is 11.3. The normalized spacial score (nSPS) is 11.3. The first-order valence-electron chi connectivity index (χ1n) is 9.45. The van der Waals surface area contributed by atoms with Gasteiger partial charge in [0.1, 0.15) is 0 Å². The van der Waals surface area contributed by atoms with Gasteiger partial charge in [0.2, 0.25) is 0 Å². The Kier molecular flexibility index (Phi) is 6.01. The summed E-state index contributed by atoms with van der Waals surface area (Å²) in [6.45, 7) is 5.44. The van der Waals surface area contributed by atoms with Gasteiger partial charge in [-0.1, -0.05) is 37.3 Å². The van der Waals surface area contributed by atoms with Gasteiger partial charge in [0.15, 0.2) is 5.69 Å². The van der Waals surface area contributed by atoms with Crippen LogP contribution in [-0.2, 0) is 6.42 Å². The number of nitrogens with zero attached hydrogens (tertiary/aromatic N) is 4. The van der Waals surface area contributed by atoms with Gasteiger partial charge in [-0.2, -0.15) is 10.2 Å². The standard InChI is InChI=1S/C21H21N5O4/c1-4-15-10-9-14(11-18(15)26(29)30)12-22-23-20(27)19-16-7-5-6-8-17(16)21(28)25(24-19)13(2)3/h5-13H,4H2,1-3H3,(H,23,27)/b22-12-. The number of aromatic nitrogens is 2. The van der Waals surface area contributed by atoms with Crippen LogP contribution < -0.4 is 11.0 Å². The first-order chi connectivity index (χ1) is 14.3. The molecule has 2 aromatic carbocycles. The molecule has 9 heteroatoms. The second-order valence-corrected chi connectivity index (χ2v) is 6.94. The minimum Gasteiger partial charge on any atom is -0.267 e. The third-order valence-electron chi connectivity index (χ3n) is 4.60. The van der Waals surface area contributed by atoms with Crippen LogP contribution in [0.25, 0.3) is 10.8 Å². The minimum absolute atomic E-state index is 0.00412. The van der Waals surface area contributed by atoms with Crippen LogP contribution in [0.1, 0.15) is 48.4 Å². The first kappa shape index (κ1) is 20.8. The van der Waals surface area contributed by atoms with Gasteiger partial charge in [-0.3, -0.25) is 19.7 Å². The SMILES string of the molecule is CCc1ccc(/C=N\NC(=O)c2nn(C(C)C)c(=O)c3ccccc23)cc1[N+](=O)[O-]. The number of amides is 1. The molecular formula is C21H21N5O4. The average molecular weight is 407 g/mol. The maximum absolute atomic E-state index is 12.7. The van der Waals surface area contributed by atoms with Crippen LogP contribution in [0.5, 0.6) is 0 Å². The molecule has 30 heavy (non-hydrogen) atoms. The predicted octanol–water partition coefficient (Wildman–Crippen LogP) is 3.21. The Hall–Kier alpha value is -3.88. The van der Waals surface area contributed by atoms with Gasteiger partial charge < -0.3 is 0 Å². The van der Waals surface area contributed by atoms with Crippen LogP contribution in [0.15, 0.2) is 52.4 Å². The maximum atomic E-state index is 12.7. The highest BCUT2D eigenvalue weighted by atomic mass is 16.6. The molecule has 0 bridgehead atoms. The number of hydrazone groups is 1. The number of nitro benzene ring substituents is 1. The highest BCUT2D eigenvalue weighted by Gasteiger charge is 2.17. The third kappa shape index (κ3) is 4.09. The number of hydrogen-bond donors (Lipinski definition) is 1. The first-order valence-corrected chi connectivity index (χ1v) is 9.45. The number of nitro groups is 1. The van der Waals surface area contributed by atoms with E-state index in [1.807, 2.05) is 6.92 Å². The Morgan fingerprint density at radius 3 is 2.60 bits per heavy atom. The van der Waals surface area contributed by atoms with Crippen molar-refractivity contribution >= 4 is 28.6 Å². The Labute approximate surface area is 172 Å². The zero-order valence-corrected chi connectivity index (χ0v) is 16.8. The van der Waals surface area contributed by atoms with Gasteiger partial charge >= 0.3 is 0 Å². The fraction of sp³-hybridized carbons (Fsp3) is 0.238. The molecule has 1 N–H and O–H groups in total. The maximum Gasteiger partial charge on any atom is 0.292 e. The van der Waals surface area contributed by atoms with Gasteiger partial charge in [-0.25, -0.2) is 10.1 Å². The zero-order chi connectivity index (χ0) is 21.8. The van der Waals surface area contributed by atoms with Crippen LogP contribution >= 0.6 is 0 Å². The molecule has 0 unspecified atom stereocenters. The van der Waals surface area contributed by atoms with Crippen molar-refractivity contribution in [1.29, 1.82) is 0 Å². The number of fused-ring (bicyclic) bond motifs is 1. The minimum atomic E-state index is -0.587. The summed E-state index contributed by atoms with van der Waals surface area (Å²) in [7, 11) is 0. The summed E-state index contributed by atoms with van der Waals surface area (Å²) < 4.78 is 1.26. The summed E-state index contributed by atoms with van der Waals surface area (Å²) in [5, 5.41) is 20.1. The van der Waals surface area contributed by atoms with Crippen LogP contribution in [0.4, 0.5) is 5.69 Å². The molecule has 1 aromatic heterocycles. The quantitative estimate of drug-likeness (QED) is 0.382. The molecule has 0 aliphatic carbocycles. The molecule has 0 saturated carbocycles. The molecule has 0 fully saturated rings. The van der Waals surface area contributed by atoms with Crippen molar-refractivity contribution < 1.29 is 9.72 Å². The lowest BCUT2D eigenvalue weighted by molar-refractivity contribution is -0.385. The summed E-state index contributed by atoms with van der Waals surface area (Å²) in [5.74, 6) is -0.587. The summed E-state index contributed by atoms with van der Waals surface area (Å²) in [6.07, 6.45) is 1.86. The molecule has 0 aliphatic heterocycles. The van der Waals surface area contributed by atoms with Crippen LogP contribution in [0, 0.1) is 10.1 Å². The molecule has 154 valence electrons. The molecular weight excluding hydrogens is 386 g/mol. The summed E-state index contributed by atoms with van der Waals surface area (Å²) in [4.78, 5) is 36.0. The molecule has 3 rings (SSSR count). The van der Waals surface area contributed by atoms with E-state index in [-0.39, 0.29) is 23.0 Å². The highest BCUT2D eigenvalue weighted by molar-refractivity contribution is 6.05. The third-order valence-corrected chi connectivity index (χ3v) is 4.60. The van der Waals surface area contributed by atoms with Gasteiger partial charge in [0, 0.05) is 22.6 Å². The van der Waals surface area contributed by atoms with Crippen molar-refractivity contribution in [2.75, 3.05) is 0 Å². The Morgan fingerprint density at radius 1 is 1.27 bits per heavy atom. The van der Waals surface area contributed by atoms with Crippen molar-refractivity contribution in [3.05, 3.63) is 79.8 Å².